The molecule has 2 aliphatic heterocycles. The van der Waals surface area contributed by atoms with E-state index in [1.165, 1.54) is 18.1 Å². The van der Waals surface area contributed by atoms with Gasteiger partial charge in [-0.1, -0.05) is 0 Å². The van der Waals surface area contributed by atoms with Gasteiger partial charge in [-0.2, -0.15) is 0 Å². The van der Waals surface area contributed by atoms with Crippen LogP contribution in [0.15, 0.2) is 18.2 Å². The zero-order valence-corrected chi connectivity index (χ0v) is 16.5. The van der Waals surface area contributed by atoms with Crippen molar-refractivity contribution in [2.75, 3.05) is 69.4 Å². The molecule has 28 heavy (non-hydrogen) atoms. The van der Waals surface area contributed by atoms with Crippen molar-refractivity contribution in [3.63, 3.8) is 0 Å². The monoisotopic (exact) mass is 414 g/mol. The Hall–Kier alpha value is -2.20. The molecule has 1 amide bonds. The van der Waals surface area contributed by atoms with Crippen molar-refractivity contribution in [1.29, 1.82) is 0 Å². The Morgan fingerprint density at radius 3 is 2.75 bits per heavy atom. The number of piperazine rings is 1. The van der Waals surface area contributed by atoms with Gasteiger partial charge in [0.15, 0.2) is 0 Å². The highest BCUT2D eigenvalue weighted by Gasteiger charge is 2.33. The third kappa shape index (κ3) is 4.79. The maximum atomic E-state index is 14.7. The molecule has 10 heteroatoms. The molecule has 1 aromatic carbocycles. The van der Waals surface area contributed by atoms with E-state index in [-0.39, 0.29) is 11.8 Å². The van der Waals surface area contributed by atoms with Crippen LogP contribution in [0.2, 0.25) is 0 Å². The highest BCUT2D eigenvalue weighted by atomic mass is 32.1. The van der Waals surface area contributed by atoms with Crippen LogP contribution >= 0.6 is 12.2 Å². The van der Waals surface area contributed by atoms with Gasteiger partial charge in [0.05, 0.1) is 31.6 Å². The van der Waals surface area contributed by atoms with Crippen LogP contribution in [0.25, 0.3) is 0 Å². The predicted octanol–water partition coefficient (Wildman–Crippen LogP) is 1.76. The second-order valence-corrected chi connectivity index (χ2v) is 7.01. The van der Waals surface area contributed by atoms with E-state index < -0.39 is 18.0 Å². The topological polar surface area (TPSA) is 57.3 Å². The van der Waals surface area contributed by atoms with Gasteiger partial charge in [-0.3, -0.25) is 9.80 Å². The molecule has 0 aliphatic carbocycles. The van der Waals surface area contributed by atoms with Gasteiger partial charge < -0.3 is 19.7 Å². The molecule has 2 heterocycles. The van der Waals surface area contributed by atoms with Crippen LogP contribution in [0.1, 0.15) is 0 Å². The fourth-order valence-electron chi connectivity index (χ4n) is 3.36. The first-order valence-electron chi connectivity index (χ1n) is 9.14. The Kier molecular flexibility index (Phi) is 6.84. The minimum absolute atomic E-state index is 0.219. The molecule has 0 saturated carbocycles. The normalized spacial score (nSPS) is 20.2. The summed E-state index contributed by atoms with van der Waals surface area (Å²) in [4.78, 5) is 17.5. The molecule has 1 atom stereocenters. The van der Waals surface area contributed by atoms with E-state index >= 15 is 0 Å². The number of benzene rings is 1. The van der Waals surface area contributed by atoms with Gasteiger partial charge in [0.25, 0.3) is 5.17 Å². The van der Waals surface area contributed by atoms with Gasteiger partial charge in [0, 0.05) is 32.7 Å². The average molecular weight is 414 g/mol. The summed E-state index contributed by atoms with van der Waals surface area (Å²) in [6.07, 6.45) is -0.936. The average Bonchev–Trinajstić information content (AvgIpc) is 3.07. The van der Waals surface area contributed by atoms with E-state index in [9.17, 15) is 13.6 Å². The molecule has 154 valence electrons. The summed E-state index contributed by atoms with van der Waals surface area (Å²) in [5.74, 6) is -0.397. The Bertz CT molecular complexity index is 716. The molecule has 0 radical (unpaired) electrons. The minimum atomic E-state index is -0.526. The number of carbonyl (C=O) groups excluding carboxylic acids is 1. The molecule has 1 N–H and O–H groups in total. The molecule has 2 fully saturated rings. The molecule has 2 aliphatic rings. The number of nitrogens with one attached hydrogen (secondary N) is 1. The van der Waals surface area contributed by atoms with E-state index in [2.05, 4.69) is 5.32 Å². The lowest BCUT2D eigenvalue weighted by atomic mass is 10.2. The first-order chi connectivity index (χ1) is 13.5. The molecule has 2 saturated heterocycles. The Labute approximate surface area is 168 Å². The van der Waals surface area contributed by atoms with Crippen molar-refractivity contribution in [3.8, 4) is 0 Å². The van der Waals surface area contributed by atoms with Gasteiger partial charge >= 0.3 is 6.09 Å². The molecular weight excluding hydrogens is 390 g/mol. The summed E-state index contributed by atoms with van der Waals surface area (Å²) in [5, 5.41) is 3.06. The number of hydrogen-bond donors (Lipinski definition) is 1. The second-order valence-electron chi connectivity index (χ2n) is 6.64. The van der Waals surface area contributed by atoms with Gasteiger partial charge in [-0.25, -0.2) is 13.6 Å². The second kappa shape index (κ2) is 9.33. The highest BCUT2D eigenvalue weighted by Crippen LogP contribution is 2.28. The van der Waals surface area contributed by atoms with E-state index in [0.29, 0.717) is 57.2 Å². The summed E-state index contributed by atoms with van der Waals surface area (Å²) in [6.45, 7) is 3.31. The third-order valence-electron chi connectivity index (χ3n) is 4.89. The number of halogens is 2. The van der Waals surface area contributed by atoms with E-state index in [1.807, 2.05) is 9.80 Å². The molecule has 0 aromatic heterocycles. The number of amides is 1. The number of ether oxygens (including phenoxy) is 2. The van der Waals surface area contributed by atoms with E-state index in [0.717, 1.165) is 0 Å². The number of thiocarbonyl (C=S) groups is 1. The molecule has 1 unspecified atom stereocenters. The van der Waals surface area contributed by atoms with Crippen LogP contribution in [0.5, 0.6) is 0 Å². The number of carbonyl (C=O) groups is 1. The Morgan fingerprint density at radius 1 is 1.36 bits per heavy atom. The zero-order chi connectivity index (χ0) is 20.1. The van der Waals surface area contributed by atoms with Crippen molar-refractivity contribution in [3.05, 3.63) is 24.0 Å². The Balaban J connectivity index is 1.61. The number of anilines is 2. The standard InChI is InChI=1S/C18H24F2N4O3S/c1-26-17(28)21-11-14-12-24(18(25)27-14)13-2-3-16(15(20)10-13)23-8-6-22(5-4-19)7-9-23/h2-3,10,14H,4-9,11-12H2,1H3,(H,21,28). The molecule has 0 spiro atoms. The highest BCUT2D eigenvalue weighted by molar-refractivity contribution is 7.80. The predicted molar refractivity (Wildman–Crippen MR) is 106 cm³/mol. The van der Waals surface area contributed by atoms with Gasteiger partial charge in [-0.05, 0) is 30.4 Å². The van der Waals surface area contributed by atoms with Crippen LogP contribution in [0.3, 0.4) is 0 Å². The summed E-state index contributed by atoms with van der Waals surface area (Å²) in [6, 6.07) is 4.73. The smallest absolute Gasteiger partial charge is 0.414 e. The number of alkyl halides is 1. The minimum Gasteiger partial charge on any atom is -0.474 e. The van der Waals surface area contributed by atoms with Gasteiger partial charge in [0.2, 0.25) is 0 Å². The number of methoxy groups -OCH3 is 1. The molecular formula is C18H24F2N4O3S. The SMILES string of the molecule is COC(=S)NCC1CN(c2ccc(N3CCN(CCF)CC3)c(F)c2)C(=O)O1. The number of rotatable bonds is 6. The number of hydrogen-bond acceptors (Lipinski definition) is 6. The number of nitrogens with zero attached hydrogens (tertiary/aromatic N) is 3. The van der Waals surface area contributed by atoms with Crippen LogP contribution in [-0.4, -0.2) is 81.9 Å². The fourth-order valence-corrected chi connectivity index (χ4v) is 3.44. The largest absolute Gasteiger partial charge is 0.474 e. The lowest BCUT2D eigenvalue weighted by molar-refractivity contribution is 0.142. The van der Waals surface area contributed by atoms with Crippen molar-refractivity contribution in [1.82, 2.24) is 10.2 Å². The van der Waals surface area contributed by atoms with Crippen LogP contribution in [0.4, 0.5) is 25.0 Å². The van der Waals surface area contributed by atoms with Crippen LogP contribution in [-0.2, 0) is 9.47 Å². The third-order valence-corrected chi connectivity index (χ3v) is 5.20. The van der Waals surface area contributed by atoms with E-state index in [4.69, 9.17) is 21.7 Å². The van der Waals surface area contributed by atoms with Crippen LogP contribution < -0.4 is 15.1 Å². The van der Waals surface area contributed by atoms with E-state index in [1.54, 1.807) is 12.1 Å². The summed E-state index contributed by atoms with van der Waals surface area (Å²) in [5.41, 5.74) is 0.930. The lowest BCUT2D eigenvalue weighted by Crippen LogP contribution is -2.47. The quantitative estimate of drug-likeness (QED) is 0.712. The molecule has 7 nitrogen and oxygen atoms in total. The first kappa shape index (κ1) is 20.5. The zero-order valence-electron chi connectivity index (χ0n) is 15.7. The lowest BCUT2D eigenvalue weighted by Gasteiger charge is -2.35. The van der Waals surface area contributed by atoms with Crippen molar-refractivity contribution in [2.45, 2.75) is 6.10 Å². The first-order valence-corrected chi connectivity index (χ1v) is 9.55. The summed E-state index contributed by atoms with van der Waals surface area (Å²) >= 11 is 4.89. The van der Waals surface area contributed by atoms with Gasteiger partial charge in [0.1, 0.15) is 18.6 Å². The fraction of sp³-hybridized carbons (Fsp3) is 0.556. The maximum absolute atomic E-state index is 14.7. The summed E-state index contributed by atoms with van der Waals surface area (Å²) < 4.78 is 37.3. The number of cyclic esters (lactones) is 1. The van der Waals surface area contributed by atoms with Crippen molar-refractivity contribution < 1.29 is 23.0 Å². The van der Waals surface area contributed by atoms with Gasteiger partial charge in [-0.15, -0.1) is 0 Å². The van der Waals surface area contributed by atoms with Crippen LogP contribution in [0, 0.1) is 5.82 Å². The van der Waals surface area contributed by atoms with Crippen molar-refractivity contribution in [2.24, 2.45) is 0 Å². The molecule has 0 bridgehead atoms. The summed E-state index contributed by atoms with van der Waals surface area (Å²) in [7, 11) is 1.45. The van der Waals surface area contributed by atoms with Crippen molar-refractivity contribution >= 4 is 34.9 Å². The molecule has 1 aromatic rings. The molecule has 3 rings (SSSR count). The Morgan fingerprint density at radius 2 is 2.11 bits per heavy atom. The maximum Gasteiger partial charge on any atom is 0.414 e.